The first-order valence-corrected chi connectivity index (χ1v) is 7.89. The van der Waals surface area contributed by atoms with Gasteiger partial charge in [-0.2, -0.15) is 0 Å². The number of piperidine rings is 1. The third-order valence-electron chi connectivity index (χ3n) is 4.19. The molecule has 23 heavy (non-hydrogen) atoms. The van der Waals surface area contributed by atoms with Crippen LogP contribution in [0.1, 0.15) is 30.0 Å². The standard InChI is InChI=1S/C18H21N3O2/c19-16-6-7-17(20-12-16)15-8-10-21(11-9-15)18(22)23-13-14-4-2-1-3-5-14/h1-7,12,15H,8-11,13,19H2. The Morgan fingerprint density at radius 1 is 1.17 bits per heavy atom. The van der Waals surface area contributed by atoms with E-state index in [9.17, 15) is 4.79 Å². The molecule has 120 valence electrons. The molecule has 1 aromatic heterocycles. The molecule has 0 aliphatic carbocycles. The topological polar surface area (TPSA) is 68.5 Å². The maximum Gasteiger partial charge on any atom is 0.410 e. The normalized spacial score (nSPS) is 15.4. The molecule has 1 aromatic carbocycles. The maximum absolute atomic E-state index is 12.1. The zero-order chi connectivity index (χ0) is 16.1. The number of benzene rings is 1. The van der Waals surface area contributed by atoms with Crippen LogP contribution in [0.15, 0.2) is 48.7 Å². The fourth-order valence-electron chi connectivity index (χ4n) is 2.83. The SMILES string of the molecule is Nc1ccc(C2CCN(C(=O)OCc3ccccc3)CC2)nc1. The first-order valence-electron chi connectivity index (χ1n) is 7.89. The summed E-state index contributed by atoms with van der Waals surface area (Å²) in [6, 6.07) is 13.6. The van der Waals surface area contributed by atoms with Gasteiger partial charge in [-0.1, -0.05) is 30.3 Å². The van der Waals surface area contributed by atoms with Gasteiger partial charge in [-0.15, -0.1) is 0 Å². The Morgan fingerprint density at radius 2 is 1.91 bits per heavy atom. The molecule has 2 heterocycles. The van der Waals surface area contributed by atoms with Crippen molar-refractivity contribution in [2.75, 3.05) is 18.8 Å². The summed E-state index contributed by atoms with van der Waals surface area (Å²) < 4.78 is 5.38. The second-order valence-corrected chi connectivity index (χ2v) is 5.82. The Balaban J connectivity index is 1.48. The number of hydrogen-bond donors (Lipinski definition) is 1. The zero-order valence-electron chi connectivity index (χ0n) is 13.0. The van der Waals surface area contributed by atoms with Gasteiger partial charge in [0.05, 0.1) is 11.9 Å². The predicted octanol–water partition coefficient (Wildman–Crippen LogP) is 3.18. The summed E-state index contributed by atoms with van der Waals surface area (Å²) in [5.41, 5.74) is 8.40. The van der Waals surface area contributed by atoms with Crippen molar-refractivity contribution in [1.82, 2.24) is 9.88 Å². The minimum Gasteiger partial charge on any atom is -0.445 e. The average Bonchev–Trinajstić information content (AvgIpc) is 2.61. The fraction of sp³-hybridized carbons (Fsp3) is 0.333. The van der Waals surface area contributed by atoms with Crippen LogP contribution in [-0.2, 0) is 11.3 Å². The number of hydrogen-bond acceptors (Lipinski definition) is 4. The summed E-state index contributed by atoms with van der Waals surface area (Å²) in [5.74, 6) is 0.383. The highest BCUT2D eigenvalue weighted by Gasteiger charge is 2.25. The number of nitrogens with two attached hydrogens (primary N) is 1. The first-order chi connectivity index (χ1) is 11.2. The van der Waals surface area contributed by atoms with Crippen LogP contribution < -0.4 is 5.73 Å². The molecule has 2 aromatic rings. The molecule has 0 unspecified atom stereocenters. The van der Waals surface area contributed by atoms with Crippen LogP contribution in [0.3, 0.4) is 0 Å². The number of nitrogen functional groups attached to an aromatic ring is 1. The van der Waals surface area contributed by atoms with Crippen molar-refractivity contribution in [2.45, 2.75) is 25.4 Å². The molecular weight excluding hydrogens is 290 g/mol. The molecule has 0 radical (unpaired) electrons. The van der Waals surface area contributed by atoms with Crippen molar-refractivity contribution < 1.29 is 9.53 Å². The summed E-state index contributed by atoms with van der Waals surface area (Å²) in [6.45, 7) is 1.72. The van der Waals surface area contributed by atoms with Crippen molar-refractivity contribution in [2.24, 2.45) is 0 Å². The molecule has 1 amide bonds. The summed E-state index contributed by atoms with van der Waals surface area (Å²) in [7, 11) is 0. The van der Waals surface area contributed by atoms with Crippen molar-refractivity contribution >= 4 is 11.8 Å². The monoisotopic (exact) mass is 311 g/mol. The lowest BCUT2D eigenvalue weighted by molar-refractivity contribution is 0.0868. The average molecular weight is 311 g/mol. The molecule has 0 saturated carbocycles. The van der Waals surface area contributed by atoms with E-state index in [2.05, 4.69) is 4.98 Å². The van der Waals surface area contributed by atoms with Gasteiger partial charge >= 0.3 is 6.09 Å². The van der Waals surface area contributed by atoms with Gasteiger partial charge in [0.15, 0.2) is 0 Å². The molecule has 1 aliphatic rings. The molecule has 1 fully saturated rings. The van der Waals surface area contributed by atoms with Gasteiger partial charge < -0.3 is 15.4 Å². The van der Waals surface area contributed by atoms with E-state index in [1.807, 2.05) is 42.5 Å². The Morgan fingerprint density at radius 3 is 2.57 bits per heavy atom. The number of aromatic nitrogens is 1. The minimum absolute atomic E-state index is 0.238. The number of rotatable bonds is 3. The number of nitrogens with zero attached hydrogens (tertiary/aromatic N) is 2. The highest BCUT2D eigenvalue weighted by molar-refractivity contribution is 5.67. The second-order valence-electron chi connectivity index (χ2n) is 5.82. The van der Waals surface area contributed by atoms with Crippen molar-refractivity contribution in [3.63, 3.8) is 0 Å². The van der Waals surface area contributed by atoms with Crippen LogP contribution in [0.5, 0.6) is 0 Å². The first kappa shape index (κ1) is 15.3. The van der Waals surface area contributed by atoms with Crippen LogP contribution >= 0.6 is 0 Å². The largest absolute Gasteiger partial charge is 0.445 e. The molecular formula is C18H21N3O2. The van der Waals surface area contributed by atoms with E-state index in [1.54, 1.807) is 11.1 Å². The Hall–Kier alpha value is -2.56. The van der Waals surface area contributed by atoms with Crippen molar-refractivity contribution in [3.8, 4) is 0 Å². The molecule has 3 rings (SSSR count). The van der Waals surface area contributed by atoms with E-state index in [-0.39, 0.29) is 6.09 Å². The highest BCUT2D eigenvalue weighted by atomic mass is 16.6. The van der Waals surface area contributed by atoms with Gasteiger partial charge in [0.1, 0.15) is 6.61 Å². The summed E-state index contributed by atoms with van der Waals surface area (Å²) in [5, 5.41) is 0. The maximum atomic E-state index is 12.1. The molecule has 5 heteroatoms. The fourth-order valence-corrected chi connectivity index (χ4v) is 2.83. The van der Waals surface area contributed by atoms with Crippen LogP contribution in [0.2, 0.25) is 0 Å². The third kappa shape index (κ3) is 4.00. The smallest absolute Gasteiger partial charge is 0.410 e. The van der Waals surface area contributed by atoms with Gasteiger partial charge in [-0.25, -0.2) is 4.79 Å². The molecule has 0 spiro atoms. The Bertz CT molecular complexity index is 635. The predicted molar refractivity (Wildman–Crippen MR) is 88.8 cm³/mol. The van der Waals surface area contributed by atoms with Gasteiger partial charge in [0.25, 0.3) is 0 Å². The third-order valence-corrected chi connectivity index (χ3v) is 4.19. The van der Waals surface area contributed by atoms with Crippen LogP contribution in [0, 0.1) is 0 Å². The van der Waals surface area contributed by atoms with Crippen LogP contribution in [-0.4, -0.2) is 29.1 Å². The molecule has 0 atom stereocenters. The van der Waals surface area contributed by atoms with E-state index in [1.165, 1.54) is 0 Å². The molecule has 0 bridgehead atoms. The Labute approximate surface area is 136 Å². The number of carbonyl (C=O) groups excluding carboxylic acids is 1. The summed E-state index contributed by atoms with van der Waals surface area (Å²) >= 11 is 0. The van der Waals surface area contributed by atoms with Crippen LogP contribution in [0.25, 0.3) is 0 Å². The van der Waals surface area contributed by atoms with Crippen molar-refractivity contribution in [3.05, 3.63) is 59.9 Å². The quantitative estimate of drug-likeness (QED) is 0.945. The van der Waals surface area contributed by atoms with E-state index in [0.717, 1.165) is 24.1 Å². The Kier molecular flexibility index (Phi) is 4.76. The lowest BCUT2D eigenvalue weighted by atomic mass is 9.93. The molecule has 2 N–H and O–H groups in total. The van der Waals surface area contributed by atoms with Gasteiger partial charge in [0.2, 0.25) is 0 Å². The van der Waals surface area contributed by atoms with E-state index >= 15 is 0 Å². The number of pyridine rings is 1. The van der Waals surface area contributed by atoms with Gasteiger partial charge in [-0.3, -0.25) is 4.98 Å². The lowest BCUT2D eigenvalue weighted by Crippen LogP contribution is -2.38. The van der Waals surface area contributed by atoms with Crippen molar-refractivity contribution in [1.29, 1.82) is 0 Å². The zero-order valence-corrected chi connectivity index (χ0v) is 13.0. The van der Waals surface area contributed by atoms with E-state index in [0.29, 0.717) is 31.3 Å². The number of carbonyl (C=O) groups is 1. The number of likely N-dealkylation sites (tertiary alicyclic amines) is 1. The number of amides is 1. The number of anilines is 1. The lowest BCUT2D eigenvalue weighted by Gasteiger charge is -2.31. The van der Waals surface area contributed by atoms with Gasteiger partial charge in [0, 0.05) is 24.7 Å². The molecule has 1 saturated heterocycles. The second kappa shape index (κ2) is 7.13. The van der Waals surface area contributed by atoms with Gasteiger partial charge in [-0.05, 0) is 30.5 Å². The minimum atomic E-state index is -0.238. The van der Waals surface area contributed by atoms with E-state index < -0.39 is 0 Å². The highest BCUT2D eigenvalue weighted by Crippen LogP contribution is 2.27. The van der Waals surface area contributed by atoms with Crippen LogP contribution in [0.4, 0.5) is 10.5 Å². The van der Waals surface area contributed by atoms with E-state index in [4.69, 9.17) is 10.5 Å². The summed E-state index contributed by atoms with van der Waals surface area (Å²) in [6.07, 6.45) is 3.25. The molecule has 1 aliphatic heterocycles. The molecule has 5 nitrogen and oxygen atoms in total. The summed E-state index contributed by atoms with van der Waals surface area (Å²) in [4.78, 5) is 18.3. The number of ether oxygens (including phenoxy) is 1.